The molecule has 0 aliphatic heterocycles. The van der Waals surface area contributed by atoms with Gasteiger partial charge in [-0.05, 0) is 12.8 Å². The number of halogens is 3. The molecule has 0 aromatic carbocycles. The second kappa shape index (κ2) is 8.36. The predicted molar refractivity (Wildman–Crippen MR) is 86.6 cm³/mol. The Bertz CT molecular complexity index is 541. The Hall–Kier alpha value is -1.77. The number of imidazole rings is 1. The summed E-state index contributed by atoms with van der Waals surface area (Å²) in [6.07, 6.45) is -2.81. The predicted octanol–water partition coefficient (Wildman–Crippen LogP) is 1.77. The van der Waals surface area contributed by atoms with E-state index >= 15 is 0 Å². The molecule has 0 bridgehead atoms. The number of hydrogen-bond donors (Lipinski definition) is 3. The van der Waals surface area contributed by atoms with Crippen LogP contribution in [0.5, 0.6) is 0 Å². The van der Waals surface area contributed by atoms with E-state index in [0.717, 1.165) is 0 Å². The minimum Gasteiger partial charge on any atom is -0.374 e. The molecule has 0 radical (unpaired) electrons. The van der Waals surface area contributed by atoms with Gasteiger partial charge in [0.25, 0.3) is 0 Å². The molecule has 1 unspecified atom stereocenters. The SMILES string of the molecule is CCNC(=NCC(C)C)NCCC(O)(c1nccn1C)C(F)(F)F. The van der Waals surface area contributed by atoms with Crippen LogP contribution in [0, 0.1) is 5.92 Å². The molecule has 0 aliphatic carbocycles. The highest BCUT2D eigenvalue weighted by molar-refractivity contribution is 5.79. The van der Waals surface area contributed by atoms with Crippen molar-refractivity contribution in [2.24, 2.45) is 18.0 Å². The van der Waals surface area contributed by atoms with Gasteiger partial charge in [0, 0.05) is 45.5 Å². The number of aliphatic hydroxyl groups is 1. The first-order chi connectivity index (χ1) is 11.1. The fraction of sp³-hybridized carbons (Fsp3) is 0.733. The van der Waals surface area contributed by atoms with Gasteiger partial charge in [0.2, 0.25) is 5.60 Å². The third kappa shape index (κ3) is 5.12. The van der Waals surface area contributed by atoms with Crippen LogP contribution in [0.2, 0.25) is 0 Å². The molecule has 0 amide bonds. The van der Waals surface area contributed by atoms with Crippen LogP contribution in [0.1, 0.15) is 33.0 Å². The molecule has 0 spiro atoms. The summed E-state index contributed by atoms with van der Waals surface area (Å²) in [5.74, 6) is 0.330. The van der Waals surface area contributed by atoms with Crippen molar-refractivity contribution in [2.45, 2.75) is 39.0 Å². The Morgan fingerprint density at radius 3 is 2.50 bits per heavy atom. The normalized spacial score (nSPS) is 15.5. The smallest absolute Gasteiger partial charge is 0.374 e. The van der Waals surface area contributed by atoms with Gasteiger partial charge in [0.1, 0.15) is 5.82 Å². The molecule has 0 saturated carbocycles. The van der Waals surface area contributed by atoms with E-state index in [2.05, 4.69) is 20.6 Å². The fourth-order valence-corrected chi connectivity index (χ4v) is 2.12. The maximum absolute atomic E-state index is 13.4. The topological polar surface area (TPSA) is 74.5 Å². The number of nitrogens with one attached hydrogen (secondary N) is 2. The Morgan fingerprint density at radius 1 is 1.38 bits per heavy atom. The van der Waals surface area contributed by atoms with Crippen LogP contribution in [-0.4, -0.2) is 46.4 Å². The highest BCUT2D eigenvalue weighted by atomic mass is 19.4. The number of aryl methyl sites for hydroxylation is 1. The fourth-order valence-electron chi connectivity index (χ4n) is 2.12. The molecule has 0 saturated heterocycles. The third-order valence-corrected chi connectivity index (χ3v) is 3.40. The van der Waals surface area contributed by atoms with Gasteiger partial charge < -0.3 is 20.3 Å². The van der Waals surface area contributed by atoms with Gasteiger partial charge in [-0.2, -0.15) is 13.2 Å². The molecule has 1 heterocycles. The van der Waals surface area contributed by atoms with Gasteiger partial charge in [-0.1, -0.05) is 13.8 Å². The Morgan fingerprint density at radius 2 is 2.04 bits per heavy atom. The van der Waals surface area contributed by atoms with Crippen molar-refractivity contribution in [3.8, 4) is 0 Å². The van der Waals surface area contributed by atoms with Crippen molar-refractivity contribution < 1.29 is 18.3 Å². The average Bonchev–Trinajstić information content (AvgIpc) is 2.89. The maximum atomic E-state index is 13.4. The first-order valence-corrected chi connectivity index (χ1v) is 7.91. The molecule has 1 aromatic rings. The molecular weight excluding hydrogens is 323 g/mol. The number of aliphatic imine (C=N–C) groups is 1. The number of alkyl halides is 3. The number of nitrogens with zero attached hydrogens (tertiary/aromatic N) is 3. The van der Waals surface area contributed by atoms with E-state index in [0.29, 0.717) is 25.0 Å². The van der Waals surface area contributed by atoms with Crippen LogP contribution in [-0.2, 0) is 12.6 Å². The lowest BCUT2D eigenvalue weighted by Crippen LogP contribution is -2.48. The van der Waals surface area contributed by atoms with Gasteiger partial charge in [-0.3, -0.25) is 4.99 Å². The number of guanidine groups is 1. The number of hydrogen-bond acceptors (Lipinski definition) is 3. The van der Waals surface area contributed by atoms with Crippen LogP contribution in [0.4, 0.5) is 13.2 Å². The monoisotopic (exact) mass is 349 g/mol. The van der Waals surface area contributed by atoms with E-state index in [1.165, 1.54) is 24.0 Å². The number of aromatic nitrogens is 2. The van der Waals surface area contributed by atoms with Gasteiger partial charge in [-0.25, -0.2) is 4.98 Å². The zero-order chi connectivity index (χ0) is 18.4. The third-order valence-electron chi connectivity index (χ3n) is 3.40. The van der Waals surface area contributed by atoms with E-state index in [-0.39, 0.29) is 6.54 Å². The summed E-state index contributed by atoms with van der Waals surface area (Å²) >= 11 is 0. The summed E-state index contributed by atoms with van der Waals surface area (Å²) in [4.78, 5) is 7.95. The highest BCUT2D eigenvalue weighted by Crippen LogP contribution is 2.40. The van der Waals surface area contributed by atoms with E-state index in [1.54, 1.807) is 0 Å². The van der Waals surface area contributed by atoms with Crippen molar-refractivity contribution in [1.82, 2.24) is 20.2 Å². The van der Waals surface area contributed by atoms with Gasteiger partial charge >= 0.3 is 6.18 Å². The summed E-state index contributed by atoms with van der Waals surface area (Å²) in [6, 6.07) is 0. The quantitative estimate of drug-likeness (QED) is 0.518. The standard InChI is InChI=1S/C15H26F3N5O/c1-5-19-13(22-10-11(2)3)21-7-6-14(24,15(16,17)18)12-20-8-9-23(12)4/h8-9,11,24H,5-7,10H2,1-4H3,(H2,19,21,22). The van der Waals surface area contributed by atoms with Gasteiger partial charge in [0.05, 0.1) is 0 Å². The van der Waals surface area contributed by atoms with E-state index in [9.17, 15) is 18.3 Å². The van der Waals surface area contributed by atoms with E-state index in [4.69, 9.17) is 0 Å². The molecule has 0 fully saturated rings. The lowest BCUT2D eigenvalue weighted by molar-refractivity contribution is -0.272. The Balaban J connectivity index is 2.83. The molecule has 1 atom stereocenters. The van der Waals surface area contributed by atoms with Crippen LogP contribution in [0.3, 0.4) is 0 Å². The second-order valence-electron chi connectivity index (χ2n) is 6.01. The van der Waals surface area contributed by atoms with Gasteiger partial charge in [0.15, 0.2) is 5.96 Å². The largest absolute Gasteiger partial charge is 0.424 e. The minimum atomic E-state index is -4.83. The van der Waals surface area contributed by atoms with Crippen molar-refractivity contribution in [1.29, 1.82) is 0 Å². The summed E-state index contributed by atoms with van der Waals surface area (Å²) in [6.45, 7) is 6.90. The average molecular weight is 349 g/mol. The van der Waals surface area contributed by atoms with Crippen LogP contribution < -0.4 is 10.6 Å². The Kier molecular flexibility index (Phi) is 7.07. The van der Waals surface area contributed by atoms with Crippen molar-refractivity contribution in [3.05, 3.63) is 18.2 Å². The molecular formula is C15H26F3N5O. The molecule has 6 nitrogen and oxygen atoms in total. The van der Waals surface area contributed by atoms with Crippen LogP contribution in [0.25, 0.3) is 0 Å². The maximum Gasteiger partial charge on any atom is 0.424 e. The first kappa shape index (κ1) is 20.3. The van der Waals surface area contributed by atoms with E-state index < -0.39 is 24.0 Å². The molecule has 138 valence electrons. The number of rotatable bonds is 7. The van der Waals surface area contributed by atoms with Crippen molar-refractivity contribution >= 4 is 5.96 Å². The lowest BCUT2D eigenvalue weighted by atomic mass is 9.97. The van der Waals surface area contributed by atoms with E-state index in [1.807, 2.05) is 20.8 Å². The molecule has 9 heteroatoms. The molecule has 1 rings (SSSR count). The van der Waals surface area contributed by atoms with Crippen molar-refractivity contribution in [2.75, 3.05) is 19.6 Å². The van der Waals surface area contributed by atoms with Crippen molar-refractivity contribution in [3.63, 3.8) is 0 Å². The molecule has 3 N–H and O–H groups in total. The van der Waals surface area contributed by atoms with Gasteiger partial charge in [-0.15, -0.1) is 0 Å². The zero-order valence-electron chi connectivity index (χ0n) is 14.5. The summed E-state index contributed by atoms with van der Waals surface area (Å²) in [5.41, 5.74) is -3.02. The highest BCUT2D eigenvalue weighted by Gasteiger charge is 2.57. The Labute approximate surface area is 140 Å². The van der Waals surface area contributed by atoms with Crippen LogP contribution >= 0.6 is 0 Å². The minimum absolute atomic E-state index is 0.104. The molecule has 0 aliphatic rings. The zero-order valence-corrected chi connectivity index (χ0v) is 14.5. The summed E-state index contributed by atoms with van der Waals surface area (Å²) < 4.78 is 41.4. The molecule has 24 heavy (non-hydrogen) atoms. The second-order valence-corrected chi connectivity index (χ2v) is 6.01. The summed E-state index contributed by atoms with van der Waals surface area (Å²) in [5, 5.41) is 16.0. The first-order valence-electron chi connectivity index (χ1n) is 7.91. The van der Waals surface area contributed by atoms with Crippen LogP contribution in [0.15, 0.2) is 17.4 Å². The molecule has 1 aromatic heterocycles. The lowest BCUT2D eigenvalue weighted by Gasteiger charge is -2.30. The summed E-state index contributed by atoms with van der Waals surface area (Å²) in [7, 11) is 1.42.